The maximum absolute atomic E-state index is 12.0. The minimum Gasteiger partial charge on any atom is -0.383 e. The number of amides is 1. The van der Waals surface area contributed by atoms with Gasteiger partial charge in [-0.3, -0.25) is 4.79 Å². The van der Waals surface area contributed by atoms with Crippen molar-refractivity contribution >= 4 is 17.2 Å². The van der Waals surface area contributed by atoms with E-state index in [1.54, 1.807) is 6.92 Å². The van der Waals surface area contributed by atoms with E-state index in [-0.39, 0.29) is 19.0 Å². The Kier molecular flexibility index (Phi) is 4.68. The van der Waals surface area contributed by atoms with Crippen molar-refractivity contribution in [2.45, 2.75) is 19.1 Å². The summed E-state index contributed by atoms with van der Waals surface area (Å²) in [5.41, 5.74) is -0.265. The molecule has 0 fully saturated rings. The summed E-state index contributed by atoms with van der Waals surface area (Å²) >= 11 is 1.45. The Morgan fingerprint density at radius 3 is 2.79 bits per heavy atom. The number of benzene rings is 1. The van der Waals surface area contributed by atoms with Crippen LogP contribution in [0.2, 0.25) is 0 Å². The zero-order valence-corrected chi connectivity index (χ0v) is 13.9. The van der Waals surface area contributed by atoms with Crippen LogP contribution >= 0.6 is 11.3 Å². The summed E-state index contributed by atoms with van der Waals surface area (Å²) in [7, 11) is 0. The predicted octanol–water partition coefficient (Wildman–Crippen LogP) is 1.43. The fourth-order valence-corrected chi connectivity index (χ4v) is 2.93. The molecule has 7 nitrogen and oxygen atoms in total. The van der Waals surface area contributed by atoms with E-state index >= 15 is 0 Å². The summed E-state index contributed by atoms with van der Waals surface area (Å²) in [6.45, 7) is 1.73. The Bertz CT molecular complexity index is 799. The normalized spacial score (nSPS) is 13.4. The van der Waals surface area contributed by atoms with E-state index in [9.17, 15) is 9.90 Å². The topological polar surface area (TPSA) is 92.9 Å². The SMILES string of the molecule is CC(O)(CNC(=O)Cn1nnc(-c2ccccc2)n1)c1cccs1. The quantitative estimate of drug-likeness (QED) is 0.706. The third-order valence-corrected chi connectivity index (χ3v) is 4.57. The van der Waals surface area contributed by atoms with Crippen LogP contribution in [0.5, 0.6) is 0 Å². The molecule has 0 aliphatic carbocycles. The van der Waals surface area contributed by atoms with E-state index in [0.29, 0.717) is 5.82 Å². The fourth-order valence-electron chi connectivity index (χ4n) is 2.14. The van der Waals surface area contributed by atoms with E-state index in [2.05, 4.69) is 20.7 Å². The first kappa shape index (κ1) is 16.3. The third-order valence-electron chi connectivity index (χ3n) is 3.45. The van der Waals surface area contributed by atoms with Crippen LogP contribution in [0.4, 0.5) is 0 Å². The molecule has 0 bridgehead atoms. The first-order valence-electron chi connectivity index (χ1n) is 7.41. The van der Waals surface area contributed by atoms with Crippen molar-refractivity contribution < 1.29 is 9.90 Å². The van der Waals surface area contributed by atoms with Gasteiger partial charge in [-0.2, -0.15) is 4.80 Å². The van der Waals surface area contributed by atoms with Crippen LogP contribution in [0.3, 0.4) is 0 Å². The Morgan fingerprint density at radius 2 is 2.08 bits per heavy atom. The van der Waals surface area contributed by atoms with Gasteiger partial charge in [0.25, 0.3) is 0 Å². The summed E-state index contributed by atoms with van der Waals surface area (Å²) in [4.78, 5) is 14.1. The molecule has 1 atom stereocenters. The second-order valence-corrected chi connectivity index (χ2v) is 6.49. The molecule has 0 saturated carbocycles. The van der Waals surface area contributed by atoms with E-state index in [1.807, 2.05) is 47.8 Å². The van der Waals surface area contributed by atoms with Crippen LogP contribution in [0.1, 0.15) is 11.8 Å². The van der Waals surface area contributed by atoms with Gasteiger partial charge in [0, 0.05) is 10.4 Å². The number of aromatic nitrogens is 4. The molecule has 1 aromatic carbocycles. The van der Waals surface area contributed by atoms with Crippen LogP contribution < -0.4 is 5.32 Å². The molecule has 0 aliphatic heterocycles. The molecule has 8 heteroatoms. The number of rotatable bonds is 6. The maximum Gasteiger partial charge on any atom is 0.243 e. The van der Waals surface area contributed by atoms with Crippen molar-refractivity contribution in [3.8, 4) is 11.4 Å². The molecule has 2 heterocycles. The Labute approximate surface area is 142 Å². The molecule has 24 heavy (non-hydrogen) atoms. The number of nitrogens with zero attached hydrogens (tertiary/aromatic N) is 4. The number of tetrazole rings is 1. The van der Waals surface area contributed by atoms with Gasteiger partial charge < -0.3 is 10.4 Å². The standard InChI is InChI=1S/C16H17N5O2S/c1-16(23,13-8-5-9-24-13)11-17-14(22)10-21-19-15(18-20-21)12-6-3-2-4-7-12/h2-9,23H,10-11H2,1H3,(H,17,22). The van der Waals surface area contributed by atoms with Gasteiger partial charge in [-0.25, -0.2) is 0 Å². The fraction of sp³-hybridized carbons (Fsp3) is 0.250. The maximum atomic E-state index is 12.0. The monoisotopic (exact) mass is 343 g/mol. The van der Waals surface area contributed by atoms with Crippen molar-refractivity contribution in [2.75, 3.05) is 6.54 Å². The Hall–Kier alpha value is -2.58. The third kappa shape index (κ3) is 3.84. The van der Waals surface area contributed by atoms with E-state index in [0.717, 1.165) is 10.4 Å². The molecular weight excluding hydrogens is 326 g/mol. The van der Waals surface area contributed by atoms with Crippen LogP contribution in [0.15, 0.2) is 47.8 Å². The van der Waals surface area contributed by atoms with E-state index < -0.39 is 5.60 Å². The van der Waals surface area contributed by atoms with Gasteiger partial charge in [-0.1, -0.05) is 36.4 Å². The lowest BCUT2D eigenvalue weighted by molar-refractivity contribution is -0.123. The highest BCUT2D eigenvalue weighted by Crippen LogP contribution is 2.24. The molecule has 0 radical (unpaired) electrons. The molecule has 1 amide bonds. The first-order chi connectivity index (χ1) is 11.5. The average Bonchev–Trinajstić information content (AvgIpc) is 3.26. The lowest BCUT2D eigenvalue weighted by Gasteiger charge is -2.22. The molecule has 0 saturated heterocycles. The molecule has 2 aromatic heterocycles. The first-order valence-corrected chi connectivity index (χ1v) is 8.29. The molecule has 0 spiro atoms. The lowest BCUT2D eigenvalue weighted by Crippen LogP contribution is -2.39. The lowest BCUT2D eigenvalue weighted by atomic mass is 10.1. The molecular formula is C16H17N5O2S. The van der Waals surface area contributed by atoms with Gasteiger partial charge >= 0.3 is 0 Å². The van der Waals surface area contributed by atoms with Crippen molar-refractivity contribution in [3.05, 3.63) is 52.7 Å². The molecule has 2 N–H and O–H groups in total. The van der Waals surface area contributed by atoms with E-state index in [1.165, 1.54) is 16.1 Å². The van der Waals surface area contributed by atoms with Gasteiger partial charge in [0.2, 0.25) is 11.7 Å². The minimum atomic E-state index is -1.10. The Morgan fingerprint density at radius 1 is 1.29 bits per heavy atom. The number of hydrogen-bond donors (Lipinski definition) is 2. The second-order valence-electron chi connectivity index (χ2n) is 5.54. The summed E-state index contributed by atoms with van der Waals surface area (Å²) in [6.07, 6.45) is 0. The van der Waals surface area contributed by atoms with Crippen molar-refractivity contribution in [3.63, 3.8) is 0 Å². The van der Waals surface area contributed by atoms with E-state index in [4.69, 9.17) is 0 Å². The molecule has 3 aromatic rings. The average molecular weight is 343 g/mol. The Balaban J connectivity index is 1.57. The van der Waals surface area contributed by atoms with Crippen LogP contribution in [-0.2, 0) is 16.9 Å². The highest BCUT2D eigenvalue weighted by atomic mass is 32.1. The number of carbonyl (C=O) groups excluding carboxylic acids is 1. The molecule has 1 unspecified atom stereocenters. The molecule has 124 valence electrons. The van der Waals surface area contributed by atoms with Gasteiger partial charge in [0.1, 0.15) is 12.1 Å². The number of carbonyl (C=O) groups is 1. The van der Waals surface area contributed by atoms with Gasteiger partial charge in [0.05, 0.1) is 6.54 Å². The highest BCUT2D eigenvalue weighted by molar-refractivity contribution is 7.10. The molecule has 0 aliphatic rings. The zero-order chi connectivity index (χ0) is 17.0. The van der Waals surface area contributed by atoms with Crippen LogP contribution in [0.25, 0.3) is 11.4 Å². The second kappa shape index (κ2) is 6.90. The highest BCUT2D eigenvalue weighted by Gasteiger charge is 2.25. The minimum absolute atomic E-state index is 0.0552. The number of thiophene rings is 1. The smallest absolute Gasteiger partial charge is 0.243 e. The van der Waals surface area contributed by atoms with Gasteiger partial charge in [-0.15, -0.1) is 21.5 Å². The van der Waals surface area contributed by atoms with Crippen LogP contribution in [-0.4, -0.2) is 37.8 Å². The summed E-state index contributed by atoms with van der Waals surface area (Å²) in [5.74, 6) is 0.179. The summed E-state index contributed by atoms with van der Waals surface area (Å²) < 4.78 is 0. The van der Waals surface area contributed by atoms with Crippen molar-refractivity contribution in [2.24, 2.45) is 0 Å². The van der Waals surface area contributed by atoms with Crippen molar-refractivity contribution in [1.29, 1.82) is 0 Å². The van der Waals surface area contributed by atoms with Gasteiger partial charge in [-0.05, 0) is 23.6 Å². The van der Waals surface area contributed by atoms with Crippen molar-refractivity contribution in [1.82, 2.24) is 25.5 Å². The zero-order valence-electron chi connectivity index (χ0n) is 13.1. The molecule has 3 rings (SSSR count). The number of aliphatic hydroxyl groups is 1. The van der Waals surface area contributed by atoms with Crippen LogP contribution in [0, 0.1) is 0 Å². The number of nitrogens with one attached hydrogen (secondary N) is 1. The summed E-state index contributed by atoms with van der Waals surface area (Å²) in [6, 6.07) is 13.1. The number of hydrogen-bond acceptors (Lipinski definition) is 6. The summed E-state index contributed by atoms with van der Waals surface area (Å²) in [5, 5.41) is 27.0. The predicted molar refractivity (Wildman–Crippen MR) is 90.2 cm³/mol. The largest absolute Gasteiger partial charge is 0.383 e. The van der Waals surface area contributed by atoms with Gasteiger partial charge in [0.15, 0.2) is 0 Å².